The highest BCUT2D eigenvalue weighted by Gasteiger charge is 2.11. The van der Waals surface area contributed by atoms with E-state index in [-0.39, 0.29) is 12.3 Å². The second kappa shape index (κ2) is 6.39. The summed E-state index contributed by atoms with van der Waals surface area (Å²) in [5, 5.41) is 22.0. The molecular weight excluding hydrogens is 252 g/mol. The Bertz CT molecular complexity index is 513. The number of phenolic OH excluding ortho intramolecular Hbond substituents is 1. The van der Waals surface area contributed by atoms with Gasteiger partial charge in [-0.1, -0.05) is 0 Å². The number of hydrogen-bond donors (Lipinski definition) is 4. The minimum Gasteiger partial charge on any atom is -0.508 e. The van der Waals surface area contributed by atoms with Crippen molar-refractivity contribution in [1.29, 1.82) is 0 Å². The van der Waals surface area contributed by atoms with E-state index in [9.17, 15) is 19.5 Å². The third kappa shape index (κ3) is 4.66. The van der Waals surface area contributed by atoms with Crippen molar-refractivity contribution in [2.24, 2.45) is 0 Å². The van der Waals surface area contributed by atoms with E-state index in [4.69, 9.17) is 5.11 Å². The van der Waals surface area contributed by atoms with Crippen molar-refractivity contribution in [3.63, 3.8) is 0 Å². The van der Waals surface area contributed by atoms with Gasteiger partial charge in [-0.3, -0.25) is 14.4 Å². The van der Waals surface area contributed by atoms with Gasteiger partial charge < -0.3 is 20.8 Å². The molecule has 0 bridgehead atoms. The van der Waals surface area contributed by atoms with Crippen LogP contribution in [0.25, 0.3) is 0 Å². The molecule has 0 saturated heterocycles. The summed E-state index contributed by atoms with van der Waals surface area (Å²) in [5.74, 6) is -2.17. The molecule has 0 radical (unpaired) electrons. The predicted molar refractivity (Wildman–Crippen MR) is 65.8 cm³/mol. The van der Waals surface area contributed by atoms with Crippen molar-refractivity contribution in [3.8, 4) is 5.75 Å². The summed E-state index contributed by atoms with van der Waals surface area (Å²) in [6.07, 6.45) is 0. The fourth-order valence-corrected chi connectivity index (χ4v) is 1.40. The van der Waals surface area contributed by atoms with E-state index < -0.39 is 24.3 Å². The molecule has 0 unspecified atom stereocenters. The van der Waals surface area contributed by atoms with Gasteiger partial charge >= 0.3 is 5.97 Å². The Morgan fingerprint density at radius 3 is 2.42 bits per heavy atom. The number of hydrogen-bond acceptors (Lipinski definition) is 4. The second-order valence-corrected chi connectivity index (χ2v) is 3.85. The summed E-state index contributed by atoms with van der Waals surface area (Å²) >= 11 is 0. The molecule has 0 aliphatic heterocycles. The number of carbonyl (C=O) groups excluding carboxylic acids is 2. The maximum atomic E-state index is 11.7. The van der Waals surface area contributed by atoms with Crippen LogP contribution in [0.2, 0.25) is 0 Å². The first-order valence-corrected chi connectivity index (χ1v) is 5.46. The predicted octanol–water partition coefficient (Wildman–Crippen LogP) is -0.369. The maximum Gasteiger partial charge on any atom is 0.322 e. The molecule has 4 N–H and O–H groups in total. The van der Waals surface area contributed by atoms with Crippen molar-refractivity contribution >= 4 is 17.8 Å². The van der Waals surface area contributed by atoms with E-state index in [1.165, 1.54) is 18.2 Å². The zero-order valence-electron chi connectivity index (χ0n) is 10.3. The van der Waals surface area contributed by atoms with E-state index in [0.29, 0.717) is 11.1 Å². The Kier molecular flexibility index (Phi) is 4.87. The van der Waals surface area contributed by atoms with Crippen LogP contribution < -0.4 is 10.6 Å². The van der Waals surface area contributed by atoms with Crippen LogP contribution in [0.3, 0.4) is 0 Å². The molecule has 0 fully saturated rings. The Morgan fingerprint density at radius 1 is 1.16 bits per heavy atom. The first-order chi connectivity index (χ1) is 8.90. The first kappa shape index (κ1) is 14.5. The number of aliphatic carboxylic acids is 1. The van der Waals surface area contributed by atoms with Crippen molar-refractivity contribution in [2.75, 3.05) is 13.1 Å². The molecule has 1 aromatic rings. The molecule has 0 heterocycles. The van der Waals surface area contributed by atoms with Crippen molar-refractivity contribution < 1.29 is 24.6 Å². The molecule has 1 aromatic carbocycles. The average Bonchev–Trinajstić information content (AvgIpc) is 2.33. The summed E-state index contributed by atoms with van der Waals surface area (Å²) < 4.78 is 0. The fourth-order valence-electron chi connectivity index (χ4n) is 1.40. The van der Waals surface area contributed by atoms with Crippen LogP contribution in [0.15, 0.2) is 18.2 Å². The highest BCUT2D eigenvalue weighted by molar-refractivity contribution is 5.98. The van der Waals surface area contributed by atoms with Gasteiger partial charge in [0.05, 0.1) is 6.54 Å². The SMILES string of the molecule is Cc1cc(O)ccc1C(=O)NCC(=O)NCC(=O)O. The highest BCUT2D eigenvalue weighted by Crippen LogP contribution is 2.15. The Labute approximate surface area is 109 Å². The van der Waals surface area contributed by atoms with Gasteiger partial charge in [-0.05, 0) is 30.7 Å². The number of nitrogens with one attached hydrogen (secondary N) is 2. The van der Waals surface area contributed by atoms with E-state index in [1.54, 1.807) is 6.92 Å². The first-order valence-electron chi connectivity index (χ1n) is 5.46. The number of benzene rings is 1. The third-order valence-electron chi connectivity index (χ3n) is 2.30. The molecular formula is C12H14N2O5. The number of aromatic hydroxyl groups is 1. The average molecular weight is 266 g/mol. The van der Waals surface area contributed by atoms with Gasteiger partial charge in [-0.15, -0.1) is 0 Å². The van der Waals surface area contributed by atoms with Crippen LogP contribution in [-0.4, -0.2) is 41.1 Å². The Morgan fingerprint density at radius 2 is 1.84 bits per heavy atom. The van der Waals surface area contributed by atoms with Gasteiger partial charge in [-0.2, -0.15) is 0 Å². The van der Waals surface area contributed by atoms with Gasteiger partial charge in [0.15, 0.2) is 0 Å². The summed E-state index contributed by atoms with van der Waals surface area (Å²) in [6.45, 7) is 0.846. The third-order valence-corrected chi connectivity index (χ3v) is 2.30. The van der Waals surface area contributed by atoms with E-state index in [2.05, 4.69) is 10.6 Å². The zero-order valence-corrected chi connectivity index (χ0v) is 10.3. The second-order valence-electron chi connectivity index (χ2n) is 3.85. The van der Waals surface area contributed by atoms with Crippen molar-refractivity contribution in [2.45, 2.75) is 6.92 Å². The molecule has 2 amide bonds. The number of carboxylic acids is 1. The minimum atomic E-state index is -1.16. The molecule has 19 heavy (non-hydrogen) atoms. The lowest BCUT2D eigenvalue weighted by atomic mass is 10.1. The van der Waals surface area contributed by atoms with E-state index >= 15 is 0 Å². The number of aryl methyl sites for hydroxylation is 1. The molecule has 0 saturated carbocycles. The van der Waals surface area contributed by atoms with E-state index in [0.717, 1.165) is 0 Å². The van der Waals surface area contributed by atoms with Gasteiger partial charge in [0.2, 0.25) is 5.91 Å². The summed E-state index contributed by atoms with van der Waals surface area (Å²) in [7, 11) is 0. The minimum absolute atomic E-state index is 0.0493. The normalized spacial score (nSPS) is 9.74. The zero-order chi connectivity index (χ0) is 14.4. The van der Waals surface area contributed by atoms with Crippen molar-refractivity contribution in [3.05, 3.63) is 29.3 Å². The maximum absolute atomic E-state index is 11.7. The number of carboxylic acid groups (broad SMARTS) is 1. The Hall–Kier alpha value is -2.57. The molecule has 7 nitrogen and oxygen atoms in total. The standard InChI is InChI=1S/C12H14N2O5/c1-7-4-8(15)2-3-9(7)12(19)14-5-10(16)13-6-11(17)18/h2-4,15H,5-6H2,1H3,(H,13,16)(H,14,19)(H,17,18). The molecule has 1 rings (SSSR count). The molecule has 0 aliphatic carbocycles. The molecule has 0 atom stereocenters. The summed E-state index contributed by atoms with van der Waals surface area (Å²) in [6, 6.07) is 4.24. The lowest BCUT2D eigenvalue weighted by molar-refractivity contribution is -0.137. The van der Waals surface area contributed by atoms with Gasteiger partial charge in [0.1, 0.15) is 12.3 Å². The van der Waals surface area contributed by atoms with Crippen LogP contribution in [0.5, 0.6) is 5.75 Å². The number of carbonyl (C=O) groups is 3. The van der Waals surface area contributed by atoms with Crippen LogP contribution >= 0.6 is 0 Å². The number of rotatable bonds is 5. The molecule has 0 aliphatic rings. The van der Waals surface area contributed by atoms with Crippen LogP contribution in [0.1, 0.15) is 15.9 Å². The fraction of sp³-hybridized carbons (Fsp3) is 0.250. The number of phenols is 1. The van der Waals surface area contributed by atoms with E-state index in [1.807, 2.05) is 0 Å². The molecule has 0 aromatic heterocycles. The van der Waals surface area contributed by atoms with Crippen LogP contribution in [0.4, 0.5) is 0 Å². The topological polar surface area (TPSA) is 116 Å². The smallest absolute Gasteiger partial charge is 0.322 e. The molecule has 0 spiro atoms. The van der Waals surface area contributed by atoms with Crippen LogP contribution in [0, 0.1) is 6.92 Å². The van der Waals surface area contributed by atoms with Crippen LogP contribution in [-0.2, 0) is 9.59 Å². The lowest BCUT2D eigenvalue weighted by Crippen LogP contribution is -2.39. The molecule has 102 valence electrons. The quantitative estimate of drug-likeness (QED) is 0.580. The monoisotopic (exact) mass is 266 g/mol. The largest absolute Gasteiger partial charge is 0.508 e. The van der Waals surface area contributed by atoms with Crippen molar-refractivity contribution in [1.82, 2.24) is 10.6 Å². The number of amides is 2. The van der Waals surface area contributed by atoms with Gasteiger partial charge in [0, 0.05) is 5.56 Å². The summed E-state index contributed by atoms with van der Waals surface area (Å²) in [4.78, 5) is 33.1. The van der Waals surface area contributed by atoms with Gasteiger partial charge in [0.25, 0.3) is 5.91 Å². The highest BCUT2D eigenvalue weighted by atomic mass is 16.4. The lowest BCUT2D eigenvalue weighted by Gasteiger charge is -2.08. The molecule has 7 heteroatoms. The summed E-state index contributed by atoms with van der Waals surface area (Å²) in [5.41, 5.74) is 0.910. The van der Waals surface area contributed by atoms with Gasteiger partial charge in [-0.25, -0.2) is 0 Å². The Balaban J connectivity index is 2.51.